The zero-order valence-corrected chi connectivity index (χ0v) is 22.8. The minimum Gasteiger partial charge on any atom is -0.481 e. The second-order valence-corrected chi connectivity index (χ2v) is 11.5. The summed E-state index contributed by atoms with van der Waals surface area (Å²) in [5.41, 5.74) is -0.347. The zero-order valence-electron chi connectivity index (χ0n) is 21.3. The first-order valence-electron chi connectivity index (χ1n) is 12.0. The molecular weight excluding hydrogens is 501 g/mol. The second-order valence-electron chi connectivity index (χ2n) is 10.7. The number of hydrogen-bond acceptors (Lipinski definition) is 4. The van der Waals surface area contributed by atoms with Crippen molar-refractivity contribution in [3.63, 3.8) is 0 Å². The average Bonchev–Trinajstić information content (AvgIpc) is 2.76. The Morgan fingerprint density at radius 3 is 2.28 bits per heavy atom. The molecule has 1 amide bonds. The molecule has 2 aromatic carbocycles. The summed E-state index contributed by atoms with van der Waals surface area (Å²) < 4.78 is 5.71. The Kier molecular flexibility index (Phi) is 8.41. The van der Waals surface area contributed by atoms with E-state index in [0.717, 1.165) is 11.1 Å². The fourth-order valence-corrected chi connectivity index (χ4v) is 5.39. The van der Waals surface area contributed by atoms with Gasteiger partial charge >= 0.3 is 11.9 Å². The number of halogens is 2. The summed E-state index contributed by atoms with van der Waals surface area (Å²) in [5, 5.41) is 10.8. The van der Waals surface area contributed by atoms with Crippen molar-refractivity contribution in [1.82, 2.24) is 4.90 Å². The molecule has 194 valence electrons. The third kappa shape index (κ3) is 6.22. The van der Waals surface area contributed by atoms with Gasteiger partial charge in [0.15, 0.2) is 0 Å². The van der Waals surface area contributed by atoms with Crippen LogP contribution in [-0.2, 0) is 19.1 Å². The molecule has 1 aliphatic heterocycles. The van der Waals surface area contributed by atoms with Crippen LogP contribution in [0.3, 0.4) is 0 Å². The highest BCUT2D eigenvalue weighted by Gasteiger charge is 2.53. The first kappa shape index (κ1) is 28.0. The highest BCUT2D eigenvalue weighted by atomic mass is 35.5. The van der Waals surface area contributed by atoms with E-state index in [1.807, 2.05) is 37.3 Å². The summed E-state index contributed by atoms with van der Waals surface area (Å²) in [4.78, 5) is 41.0. The first-order chi connectivity index (χ1) is 16.8. The standard InChI is InChI=1S/C28H33Cl2NO5/c1-6-22(25(34)36-27(2,3)4)31-24(17-10-12-19(29)13-11-17)21(18-8-7-9-20(30)14-18)15-28(5,26(31)35)16-23(32)33/h7-14,21-22,24H,6,15-16H2,1-5H3,(H,32,33)/t21-,22-,24-,28+/m1/s1. The number of likely N-dealkylation sites (tertiary alicyclic amines) is 1. The number of carboxylic acids is 1. The number of aliphatic carboxylic acids is 1. The quantitative estimate of drug-likeness (QED) is 0.402. The Morgan fingerprint density at radius 2 is 1.75 bits per heavy atom. The molecule has 4 atom stereocenters. The van der Waals surface area contributed by atoms with Gasteiger partial charge in [-0.2, -0.15) is 0 Å². The van der Waals surface area contributed by atoms with E-state index >= 15 is 0 Å². The molecule has 0 spiro atoms. The Bertz CT molecular complexity index is 1130. The summed E-state index contributed by atoms with van der Waals surface area (Å²) in [6.07, 6.45) is 0.209. The molecule has 1 aliphatic rings. The summed E-state index contributed by atoms with van der Waals surface area (Å²) in [6.45, 7) is 8.80. The van der Waals surface area contributed by atoms with Crippen molar-refractivity contribution in [3.05, 3.63) is 69.7 Å². The van der Waals surface area contributed by atoms with Crippen molar-refractivity contribution in [2.45, 2.75) is 77.5 Å². The third-order valence-corrected chi connectivity index (χ3v) is 7.02. The molecule has 6 nitrogen and oxygen atoms in total. The van der Waals surface area contributed by atoms with Gasteiger partial charge in [0.05, 0.1) is 17.9 Å². The summed E-state index contributed by atoms with van der Waals surface area (Å²) >= 11 is 12.5. The van der Waals surface area contributed by atoms with Crippen LogP contribution < -0.4 is 0 Å². The van der Waals surface area contributed by atoms with Gasteiger partial charge in [-0.3, -0.25) is 9.59 Å². The molecule has 0 unspecified atom stereocenters. The zero-order chi connectivity index (χ0) is 26.8. The fourth-order valence-electron chi connectivity index (χ4n) is 5.07. The number of hydrogen-bond donors (Lipinski definition) is 1. The maximum Gasteiger partial charge on any atom is 0.329 e. The molecule has 2 aromatic rings. The van der Waals surface area contributed by atoms with E-state index in [2.05, 4.69) is 0 Å². The Balaban J connectivity index is 2.25. The number of ether oxygens (including phenoxy) is 1. The van der Waals surface area contributed by atoms with E-state index in [0.29, 0.717) is 16.5 Å². The number of rotatable bonds is 7. The SMILES string of the molecule is CC[C@H](C(=O)OC(C)(C)C)N1C(=O)[C@](C)(CC(=O)O)C[C@H](c2cccc(Cl)c2)[C@H]1c1ccc(Cl)cc1. The first-order valence-corrected chi connectivity index (χ1v) is 12.8. The van der Waals surface area contributed by atoms with Crippen molar-refractivity contribution in [1.29, 1.82) is 0 Å². The number of carboxylic acid groups (broad SMARTS) is 1. The van der Waals surface area contributed by atoms with E-state index < -0.39 is 35.0 Å². The fraction of sp³-hybridized carbons (Fsp3) is 0.464. The number of esters is 1. The third-order valence-electron chi connectivity index (χ3n) is 6.53. The van der Waals surface area contributed by atoms with Gasteiger partial charge < -0.3 is 14.7 Å². The summed E-state index contributed by atoms with van der Waals surface area (Å²) in [6, 6.07) is 13.0. The van der Waals surface area contributed by atoms with Crippen LogP contribution in [0.25, 0.3) is 0 Å². The predicted molar refractivity (Wildman–Crippen MR) is 140 cm³/mol. The van der Waals surface area contributed by atoms with Gasteiger partial charge in [0, 0.05) is 16.0 Å². The lowest BCUT2D eigenvalue weighted by Crippen LogP contribution is -2.58. The Labute approximate surface area is 222 Å². The number of nitrogens with zero attached hydrogens (tertiary/aromatic N) is 1. The molecular formula is C28H33Cl2NO5. The molecule has 1 saturated heterocycles. The highest BCUT2D eigenvalue weighted by Crippen LogP contribution is 2.52. The number of benzene rings is 2. The van der Waals surface area contributed by atoms with Gasteiger partial charge in [-0.25, -0.2) is 4.79 Å². The molecule has 0 saturated carbocycles. The van der Waals surface area contributed by atoms with E-state index in [4.69, 9.17) is 27.9 Å². The molecule has 0 aromatic heterocycles. The van der Waals surface area contributed by atoms with Gasteiger partial charge in [0.1, 0.15) is 11.6 Å². The lowest BCUT2D eigenvalue weighted by molar-refractivity contribution is -0.174. The van der Waals surface area contributed by atoms with Crippen molar-refractivity contribution < 1.29 is 24.2 Å². The van der Waals surface area contributed by atoms with Crippen LogP contribution in [0.15, 0.2) is 48.5 Å². The largest absolute Gasteiger partial charge is 0.481 e. The van der Waals surface area contributed by atoms with Gasteiger partial charge in [-0.15, -0.1) is 0 Å². The van der Waals surface area contributed by atoms with Crippen molar-refractivity contribution in [2.75, 3.05) is 0 Å². The molecule has 3 rings (SSSR count). The van der Waals surface area contributed by atoms with Gasteiger partial charge in [-0.1, -0.05) is 61.3 Å². The minimum absolute atomic E-state index is 0.271. The van der Waals surface area contributed by atoms with Crippen LogP contribution >= 0.6 is 23.2 Å². The number of carbonyl (C=O) groups is 3. The molecule has 36 heavy (non-hydrogen) atoms. The Morgan fingerprint density at radius 1 is 1.11 bits per heavy atom. The summed E-state index contributed by atoms with van der Waals surface area (Å²) in [7, 11) is 0. The molecule has 1 fully saturated rings. The average molecular weight is 534 g/mol. The maximum absolute atomic E-state index is 14.2. The van der Waals surface area contributed by atoms with E-state index in [1.54, 1.807) is 50.8 Å². The molecule has 8 heteroatoms. The van der Waals surface area contributed by atoms with Crippen molar-refractivity contribution >= 4 is 41.0 Å². The number of piperidine rings is 1. The van der Waals surface area contributed by atoms with E-state index in [-0.39, 0.29) is 24.7 Å². The van der Waals surface area contributed by atoms with Crippen LogP contribution in [0.2, 0.25) is 10.0 Å². The van der Waals surface area contributed by atoms with Gasteiger partial charge in [-0.05, 0) is 69.0 Å². The second kappa shape index (κ2) is 10.8. The van der Waals surface area contributed by atoms with Gasteiger partial charge in [0.2, 0.25) is 5.91 Å². The monoisotopic (exact) mass is 533 g/mol. The summed E-state index contributed by atoms with van der Waals surface area (Å²) in [5.74, 6) is -2.32. The molecule has 1 heterocycles. The molecule has 0 aliphatic carbocycles. The number of amides is 1. The van der Waals surface area contributed by atoms with Crippen molar-refractivity contribution in [2.24, 2.45) is 5.41 Å². The maximum atomic E-state index is 14.2. The van der Waals surface area contributed by atoms with Crippen LogP contribution in [0, 0.1) is 5.41 Å². The molecule has 1 N–H and O–H groups in total. The van der Waals surface area contributed by atoms with Crippen LogP contribution in [0.4, 0.5) is 0 Å². The van der Waals surface area contributed by atoms with Crippen LogP contribution in [0.1, 0.15) is 77.0 Å². The molecule has 0 radical (unpaired) electrons. The highest BCUT2D eigenvalue weighted by molar-refractivity contribution is 6.30. The molecule has 0 bridgehead atoms. The lowest BCUT2D eigenvalue weighted by Gasteiger charge is -2.51. The topological polar surface area (TPSA) is 83.9 Å². The number of carbonyl (C=O) groups excluding carboxylic acids is 2. The van der Waals surface area contributed by atoms with Gasteiger partial charge in [0.25, 0.3) is 0 Å². The smallest absolute Gasteiger partial charge is 0.329 e. The van der Waals surface area contributed by atoms with Crippen molar-refractivity contribution in [3.8, 4) is 0 Å². The normalized spacial score (nSPS) is 23.3. The predicted octanol–water partition coefficient (Wildman–Crippen LogP) is 6.65. The Hall–Kier alpha value is -2.57. The van der Waals surface area contributed by atoms with E-state index in [1.165, 1.54) is 0 Å². The lowest BCUT2D eigenvalue weighted by atomic mass is 9.67. The van der Waals surface area contributed by atoms with E-state index in [9.17, 15) is 19.5 Å². The minimum atomic E-state index is -1.24. The van der Waals surface area contributed by atoms with Crippen LogP contribution in [-0.4, -0.2) is 39.5 Å². The van der Waals surface area contributed by atoms with Crippen LogP contribution in [0.5, 0.6) is 0 Å².